The first-order valence-corrected chi connectivity index (χ1v) is 3.56. The number of hydrogen-bond donors (Lipinski definition) is 0. The highest BCUT2D eigenvalue weighted by atomic mass is 16.6. The van der Waals surface area contributed by atoms with Crippen molar-refractivity contribution in [1.29, 1.82) is 0 Å². The van der Waals surface area contributed by atoms with Crippen molar-refractivity contribution in [3.8, 4) is 0 Å². The molecule has 0 spiro atoms. The van der Waals surface area contributed by atoms with Gasteiger partial charge in [0.25, 0.3) is 0 Å². The molecule has 1 heteroatoms. The molecule has 0 aromatic heterocycles. The van der Waals surface area contributed by atoms with Crippen molar-refractivity contribution in [2.75, 3.05) is 0 Å². The summed E-state index contributed by atoms with van der Waals surface area (Å²) in [5.41, 5.74) is 0.444. The Morgan fingerprint density at radius 2 is 1.67 bits per heavy atom. The zero-order chi connectivity index (χ0) is 7.28. The van der Waals surface area contributed by atoms with Crippen molar-refractivity contribution in [2.24, 2.45) is 5.41 Å². The van der Waals surface area contributed by atoms with Crippen LogP contribution in [0.3, 0.4) is 0 Å². The highest BCUT2D eigenvalue weighted by Crippen LogP contribution is 2.49. The second-order valence-corrected chi connectivity index (χ2v) is 4.12. The van der Waals surface area contributed by atoms with Gasteiger partial charge in [0.2, 0.25) is 0 Å². The van der Waals surface area contributed by atoms with Crippen LogP contribution in [0.1, 0.15) is 34.6 Å². The van der Waals surface area contributed by atoms with Crippen molar-refractivity contribution < 1.29 is 4.74 Å². The van der Waals surface area contributed by atoms with Crippen molar-refractivity contribution >= 4 is 0 Å². The van der Waals surface area contributed by atoms with E-state index < -0.39 is 0 Å². The van der Waals surface area contributed by atoms with Gasteiger partial charge in [0.15, 0.2) is 0 Å². The zero-order valence-corrected chi connectivity index (χ0v) is 6.99. The van der Waals surface area contributed by atoms with Gasteiger partial charge >= 0.3 is 0 Å². The SMILES string of the molecule is CC1OC1(C)C(C)(C)C. The third-order valence-corrected chi connectivity index (χ3v) is 2.63. The Kier molecular flexibility index (Phi) is 1.19. The van der Waals surface area contributed by atoms with Gasteiger partial charge in [-0.05, 0) is 19.3 Å². The molecule has 2 unspecified atom stereocenters. The molecule has 2 atom stereocenters. The Labute approximate surface area is 57.4 Å². The van der Waals surface area contributed by atoms with Crippen LogP contribution in [0, 0.1) is 5.41 Å². The fraction of sp³-hybridized carbons (Fsp3) is 1.00. The minimum absolute atomic E-state index is 0.146. The summed E-state index contributed by atoms with van der Waals surface area (Å²) in [6.45, 7) is 11.0. The summed E-state index contributed by atoms with van der Waals surface area (Å²) in [5.74, 6) is 0. The standard InChI is InChI=1S/C8H16O/c1-6-8(5,9-6)7(2,3)4/h6H,1-5H3. The predicted octanol–water partition coefficient (Wildman–Crippen LogP) is 2.21. The van der Waals surface area contributed by atoms with Gasteiger partial charge in [-0.3, -0.25) is 0 Å². The second kappa shape index (κ2) is 1.51. The largest absolute Gasteiger partial charge is 0.366 e. The summed E-state index contributed by atoms with van der Waals surface area (Å²) in [4.78, 5) is 0. The molecule has 1 heterocycles. The molecule has 0 aliphatic carbocycles. The number of hydrogen-bond acceptors (Lipinski definition) is 1. The summed E-state index contributed by atoms with van der Waals surface area (Å²) >= 11 is 0. The molecular weight excluding hydrogens is 112 g/mol. The summed E-state index contributed by atoms with van der Waals surface area (Å²) in [6, 6.07) is 0. The molecule has 0 radical (unpaired) electrons. The average molecular weight is 128 g/mol. The Bertz CT molecular complexity index is 123. The third kappa shape index (κ3) is 0.877. The van der Waals surface area contributed by atoms with E-state index in [2.05, 4.69) is 34.6 Å². The van der Waals surface area contributed by atoms with Crippen LogP contribution in [0.5, 0.6) is 0 Å². The lowest BCUT2D eigenvalue weighted by atomic mass is 9.80. The third-order valence-electron chi connectivity index (χ3n) is 2.63. The van der Waals surface area contributed by atoms with E-state index in [1.54, 1.807) is 0 Å². The Morgan fingerprint density at radius 1 is 1.33 bits per heavy atom. The Hall–Kier alpha value is -0.0400. The monoisotopic (exact) mass is 128 g/mol. The van der Waals surface area contributed by atoms with E-state index in [4.69, 9.17) is 4.74 Å². The van der Waals surface area contributed by atoms with E-state index in [9.17, 15) is 0 Å². The van der Waals surface area contributed by atoms with Gasteiger partial charge < -0.3 is 4.74 Å². The van der Waals surface area contributed by atoms with Crippen LogP contribution in [0.25, 0.3) is 0 Å². The van der Waals surface area contributed by atoms with Crippen LogP contribution in [-0.4, -0.2) is 11.7 Å². The van der Waals surface area contributed by atoms with Gasteiger partial charge in [-0.25, -0.2) is 0 Å². The maximum absolute atomic E-state index is 5.47. The molecule has 1 aliphatic heterocycles. The predicted molar refractivity (Wildman–Crippen MR) is 38.4 cm³/mol. The number of ether oxygens (including phenoxy) is 1. The minimum atomic E-state index is 0.146. The lowest BCUT2D eigenvalue weighted by molar-refractivity contribution is 0.173. The molecular formula is C8H16O. The highest BCUT2D eigenvalue weighted by Gasteiger charge is 2.56. The van der Waals surface area contributed by atoms with Crippen molar-refractivity contribution in [1.82, 2.24) is 0 Å². The summed E-state index contributed by atoms with van der Waals surface area (Å²) in [5, 5.41) is 0. The average Bonchev–Trinajstić information content (AvgIpc) is 2.13. The fourth-order valence-electron chi connectivity index (χ4n) is 1.12. The van der Waals surface area contributed by atoms with Gasteiger partial charge in [0.05, 0.1) is 11.7 Å². The molecule has 0 amide bonds. The summed E-state index contributed by atoms with van der Waals surface area (Å²) in [6.07, 6.45) is 0.456. The van der Waals surface area contributed by atoms with Crippen LogP contribution in [0.4, 0.5) is 0 Å². The lowest BCUT2D eigenvalue weighted by Crippen LogP contribution is -2.28. The van der Waals surface area contributed by atoms with Crippen LogP contribution < -0.4 is 0 Å². The maximum Gasteiger partial charge on any atom is 0.0965 e. The van der Waals surface area contributed by atoms with E-state index in [-0.39, 0.29) is 5.60 Å². The van der Waals surface area contributed by atoms with Crippen LogP contribution in [0.15, 0.2) is 0 Å². The summed E-state index contributed by atoms with van der Waals surface area (Å²) < 4.78 is 5.47. The first-order chi connectivity index (χ1) is 3.88. The molecule has 1 rings (SSSR count). The van der Waals surface area contributed by atoms with E-state index in [0.29, 0.717) is 11.5 Å². The molecule has 1 nitrogen and oxygen atoms in total. The minimum Gasteiger partial charge on any atom is -0.366 e. The first kappa shape index (κ1) is 7.07. The normalized spacial score (nSPS) is 43.0. The lowest BCUT2D eigenvalue weighted by Gasteiger charge is -2.23. The first-order valence-electron chi connectivity index (χ1n) is 3.56. The molecule has 9 heavy (non-hydrogen) atoms. The van der Waals surface area contributed by atoms with Crippen molar-refractivity contribution in [2.45, 2.75) is 46.3 Å². The van der Waals surface area contributed by atoms with E-state index in [1.807, 2.05) is 0 Å². The zero-order valence-electron chi connectivity index (χ0n) is 6.99. The van der Waals surface area contributed by atoms with E-state index in [0.717, 1.165) is 0 Å². The molecule has 54 valence electrons. The molecule has 0 aromatic rings. The highest BCUT2D eigenvalue weighted by molar-refractivity contribution is 5.04. The topological polar surface area (TPSA) is 12.5 Å². The molecule has 0 aromatic carbocycles. The molecule has 1 saturated heterocycles. The fourth-order valence-corrected chi connectivity index (χ4v) is 1.12. The van der Waals surface area contributed by atoms with Crippen LogP contribution in [-0.2, 0) is 4.74 Å². The molecule has 0 N–H and O–H groups in total. The smallest absolute Gasteiger partial charge is 0.0965 e. The molecule has 0 saturated carbocycles. The van der Waals surface area contributed by atoms with Gasteiger partial charge in [-0.15, -0.1) is 0 Å². The van der Waals surface area contributed by atoms with Gasteiger partial charge in [-0.1, -0.05) is 20.8 Å². The van der Waals surface area contributed by atoms with E-state index >= 15 is 0 Å². The second-order valence-electron chi connectivity index (χ2n) is 4.12. The van der Waals surface area contributed by atoms with Gasteiger partial charge in [0.1, 0.15) is 0 Å². The maximum atomic E-state index is 5.47. The van der Waals surface area contributed by atoms with Crippen molar-refractivity contribution in [3.63, 3.8) is 0 Å². The summed E-state index contributed by atoms with van der Waals surface area (Å²) in [7, 11) is 0. The van der Waals surface area contributed by atoms with Crippen molar-refractivity contribution in [3.05, 3.63) is 0 Å². The Morgan fingerprint density at radius 3 is 1.67 bits per heavy atom. The van der Waals surface area contributed by atoms with Crippen LogP contribution >= 0.6 is 0 Å². The molecule has 0 bridgehead atoms. The van der Waals surface area contributed by atoms with Gasteiger partial charge in [-0.2, -0.15) is 0 Å². The van der Waals surface area contributed by atoms with E-state index in [1.165, 1.54) is 0 Å². The number of epoxide rings is 1. The quantitative estimate of drug-likeness (QED) is 0.456. The van der Waals surface area contributed by atoms with Crippen LogP contribution in [0.2, 0.25) is 0 Å². The molecule has 1 aliphatic rings. The Balaban J connectivity index is 2.64. The van der Waals surface area contributed by atoms with Gasteiger partial charge in [0, 0.05) is 0 Å². The number of rotatable bonds is 0. The molecule has 1 fully saturated rings.